The maximum absolute atomic E-state index is 14.1. The van der Waals surface area contributed by atoms with E-state index in [0.717, 1.165) is 12.1 Å². The zero-order valence-corrected chi connectivity index (χ0v) is 22.4. The predicted octanol–water partition coefficient (Wildman–Crippen LogP) is 3.87. The Labute approximate surface area is 228 Å². The van der Waals surface area contributed by atoms with Gasteiger partial charge in [-0.15, -0.1) is 0 Å². The van der Waals surface area contributed by atoms with Gasteiger partial charge in [-0.25, -0.2) is 13.8 Å². The number of fused-ring (bicyclic) bond motifs is 1. The first-order chi connectivity index (χ1) is 18.0. The fourth-order valence-corrected chi connectivity index (χ4v) is 4.56. The Balaban J connectivity index is 1.34. The number of nitrogens with zero attached hydrogens (tertiary/aromatic N) is 3. The van der Waals surface area contributed by atoms with Gasteiger partial charge < -0.3 is 14.4 Å². The van der Waals surface area contributed by atoms with Crippen molar-refractivity contribution in [2.24, 2.45) is 0 Å². The molecule has 12 heteroatoms. The summed E-state index contributed by atoms with van der Waals surface area (Å²) >= 11 is 11.6. The van der Waals surface area contributed by atoms with Crippen molar-refractivity contribution >= 4 is 40.0 Å². The highest BCUT2D eigenvalue weighted by Gasteiger charge is 2.24. The number of aliphatic hydroxyl groups excluding tert-OH is 1. The van der Waals surface area contributed by atoms with Gasteiger partial charge in [0.1, 0.15) is 35.7 Å². The van der Waals surface area contributed by atoms with E-state index >= 15 is 0 Å². The van der Waals surface area contributed by atoms with Crippen LogP contribution in [-0.2, 0) is 0 Å². The summed E-state index contributed by atoms with van der Waals surface area (Å²) in [5.41, 5.74) is 2.54. The molecule has 38 heavy (non-hydrogen) atoms. The number of pyridine rings is 1. The molecule has 1 amide bonds. The number of carbonyl (C=O) groups is 1. The zero-order valence-electron chi connectivity index (χ0n) is 20.9. The van der Waals surface area contributed by atoms with Crippen molar-refractivity contribution in [3.8, 4) is 5.75 Å². The number of hydrazine groups is 1. The fraction of sp³-hybridized carbons (Fsp3) is 0.385. The molecular formula is C26H28Cl2F2N4O4. The summed E-state index contributed by atoms with van der Waals surface area (Å²) < 4.78 is 34.8. The summed E-state index contributed by atoms with van der Waals surface area (Å²) in [4.78, 5) is 28.1. The van der Waals surface area contributed by atoms with E-state index in [-0.39, 0.29) is 39.4 Å². The summed E-state index contributed by atoms with van der Waals surface area (Å²) in [7, 11) is 0. The number of carbonyl (C=O) groups excluding carboxylic acids is 1. The van der Waals surface area contributed by atoms with Gasteiger partial charge >= 0.3 is 0 Å². The summed E-state index contributed by atoms with van der Waals surface area (Å²) in [5, 5.41) is 12.0. The molecule has 2 heterocycles. The average Bonchev–Trinajstić information content (AvgIpc) is 2.87. The fourth-order valence-electron chi connectivity index (χ4n) is 4.29. The van der Waals surface area contributed by atoms with E-state index in [1.807, 2.05) is 18.7 Å². The molecule has 2 N–H and O–H groups in total. The number of piperazine rings is 1. The second kappa shape index (κ2) is 12.0. The number of β-amino-alcohol motifs (C(OH)–C–C–N with tert-alkyl or cyclic N) is 1. The molecule has 1 saturated heterocycles. The zero-order chi connectivity index (χ0) is 27.6. The largest absolute Gasteiger partial charge is 0.491 e. The highest BCUT2D eigenvalue weighted by molar-refractivity contribution is 6.31. The number of nitrogens with one attached hydrogen (secondary N) is 1. The molecule has 204 valence electrons. The first-order valence-electron chi connectivity index (χ1n) is 12.1. The summed E-state index contributed by atoms with van der Waals surface area (Å²) in [6.45, 7) is 6.08. The van der Waals surface area contributed by atoms with Crippen molar-refractivity contribution in [1.29, 1.82) is 0 Å². The molecule has 4 rings (SSSR count). The molecule has 1 aliphatic rings. The maximum atomic E-state index is 14.1. The number of rotatable bonds is 8. The third-order valence-corrected chi connectivity index (χ3v) is 6.91. The predicted molar refractivity (Wildman–Crippen MR) is 142 cm³/mol. The monoisotopic (exact) mass is 568 g/mol. The molecule has 0 aliphatic carbocycles. The number of amides is 1. The lowest BCUT2D eigenvalue weighted by Crippen LogP contribution is -2.55. The Morgan fingerprint density at radius 2 is 1.76 bits per heavy atom. The van der Waals surface area contributed by atoms with E-state index in [0.29, 0.717) is 38.2 Å². The molecular weight excluding hydrogens is 541 g/mol. The Morgan fingerprint density at radius 3 is 2.42 bits per heavy atom. The molecule has 1 aromatic heterocycles. The van der Waals surface area contributed by atoms with Crippen molar-refractivity contribution in [3.05, 3.63) is 74.0 Å². The number of aromatic nitrogens is 1. The van der Waals surface area contributed by atoms with Crippen LogP contribution >= 0.6 is 23.2 Å². The number of ether oxygens (including phenoxy) is 1. The lowest BCUT2D eigenvalue weighted by molar-refractivity contribution is 0.0316. The Bertz CT molecular complexity index is 1390. The molecule has 0 saturated carbocycles. The molecule has 2 aromatic carbocycles. The van der Waals surface area contributed by atoms with Crippen LogP contribution in [0.4, 0.5) is 8.78 Å². The third-order valence-electron chi connectivity index (χ3n) is 6.31. The van der Waals surface area contributed by atoms with E-state index in [2.05, 4.69) is 5.43 Å². The number of benzene rings is 2. The first-order valence-corrected chi connectivity index (χ1v) is 12.9. The van der Waals surface area contributed by atoms with Crippen LogP contribution in [-0.4, -0.2) is 70.9 Å². The van der Waals surface area contributed by atoms with Crippen molar-refractivity contribution in [3.63, 3.8) is 0 Å². The Hall–Kier alpha value is -2.76. The number of halogens is 4. The minimum Gasteiger partial charge on any atom is -0.491 e. The molecule has 0 unspecified atom stereocenters. The molecule has 0 radical (unpaired) electrons. The smallest absolute Gasteiger partial charge is 0.271 e. The second-order valence-corrected chi connectivity index (χ2v) is 10.2. The Morgan fingerprint density at radius 1 is 1.08 bits per heavy atom. The SMILES string of the molecule is CC(C)n1cc(C(=O)NN2CCN(C[C@H](O)COc3ccc(Cl)c(F)c3)CC2)c(=O)c2cc(F)c(Cl)cc21. The van der Waals surface area contributed by atoms with Crippen LogP contribution in [0.3, 0.4) is 0 Å². The van der Waals surface area contributed by atoms with Crippen LogP contribution in [0.5, 0.6) is 5.75 Å². The molecule has 0 bridgehead atoms. The molecule has 3 aromatic rings. The highest BCUT2D eigenvalue weighted by atomic mass is 35.5. The van der Waals surface area contributed by atoms with E-state index in [1.165, 1.54) is 24.4 Å². The molecule has 1 atom stereocenters. The van der Waals surface area contributed by atoms with Crippen LogP contribution in [0.1, 0.15) is 30.2 Å². The van der Waals surface area contributed by atoms with Crippen molar-refractivity contribution in [2.75, 3.05) is 39.3 Å². The average molecular weight is 569 g/mol. The quantitative estimate of drug-likeness (QED) is 0.429. The summed E-state index contributed by atoms with van der Waals surface area (Å²) in [5.74, 6) is -1.64. The number of hydrogen-bond acceptors (Lipinski definition) is 6. The number of hydrogen-bond donors (Lipinski definition) is 2. The molecule has 8 nitrogen and oxygen atoms in total. The van der Waals surface area contributed by atoms with Gasteiger partial charge in [-0.2, -0.15) is 0 Å². The van der Waals surface area contributed by atoms with Gasteiger partial charge in [-0.05, 0) is 38.1 Å². The van der Waals surface area contributed by atoms with Crippen LogP contribution in [0, 0.1) is 11.6 Å². The van der Waals surface area contributed by atoms with Crippen molar-refractivity contribution in [1.82, 2.24) is 19.9 Å². The van der Waals surface area contributed by atoms with E-state index in [1.54, 1.807) is 9.58 Å². The van der Waals surface area contributed by atoms with E-state index in [4.69, 9.17) is 27.9 Å². The standard InChI is InChI=1S/C26H28Cl2F2N4O4/c1-15(2)34-13-19(25(36)18-10-23(30)21(28)11-24(18)34)26(37)31-33-7-5-32(6-8-33)12-16(35)14-38-17-3-4-20(27)22(29)9-17/h3-4,9-11,13,15-16,35H,5-8,12,14H2,1-2H3,(H,31,37)/t16-/m0/s1. The van der Waals surface area contributed by atoms with Crippen LogP contribution in [0.25, 0.3) is 10.9 Å². The maximum Gasteiger partial charge on any atom is 0.271 e. The third kappa shape index (κ3) is 6.44. The van der Waals surface area contributed by atoms with Gasteiger partial charge in [0.05, 0.1) is 15.6 Å². The first kappa shape index (κ1) is 28.3. The lowest BCUT2D eigenvalue weighted by Gasteiger charge is -2.35. The number of aliphatic hydroxyl groups is 1. The van der Waals surface area contributed by atoms with Crippen LogP contribution in [0.15, 0.2) is 41.3 Å². The van der Waals surface area contributed by atoms with Crippen LogP contribution in [0.2, 0.25) is 10.0 Å². The van der Waals surface area contributed by atoms with Crippen molar-refractivity contribution < 1.29 is 23.4 Å². The van der Waals surface area contributed by atoms with E-state index < -0.39 is 29.1 Å². The summed E-state index contributed by atoms with van der Waals surface area (Å²) in [6, 6.07) is 6.42. The van der Waals surface area contributed by atoms with E-state index in [9.17, 15) is 23.5 Å². The van der Waals surface area contributed by atoms with Gasteiger partial charge in [-0.1, -0.05) is 23.2 Å². The molecule has 0 spiro atoms. The highest BCUT2D eigenvalue weighted by Crippen LogP contribution is 2.24. The van der Waals surface area contributed by atoms with Crippen LogP contribution < -0.4 is 15.6 Å². The van der Waals surface area contributed by atoms with Gasteiger partial charge in [0.15, 0.2) is 0 Å². The van der Waals surface area contributed by atoms with Gasteiger partial charge in [0.2, 0.25) is 5.43 Å². The molecule has 1 fully saturated rings. The normalized spacial score (nSPS) is 15.7. The van der Waals surface area contributed by atoms with Crippen molar-refractivity contribution in [2.45, 2.75) is 26.0 Å². The minimum atomic E-state index is -0.809. The van der Waals surface area contributed by atoms with Gasteiger partial charge in [-0.3, -0.25) is 19.9 Å². The Kier molecular flexibility index (Phi) is 8.89. The molecule has 1 aliphatic heterocycles. The minimum absolute atomic E-state index is 0.00659. The topological polar surface area (TPSA) is 87.0 Å². The van der Waals surface area contributed by atoms with Gasteiger partial charge in [0, 0.05) is 56.4 Å². The lowest BCUT2D eigenvalue weighted by atomic mass is 10.1. The second-order valence-electron chi connectivity index (χ2n) is 9.43. The summed E-state index contributed by atoms with van der Waals surface area (Å²) in [6.07, 6.45) is 0.661. The van der Waals surface area contributed by atoms with Gasteiger partial charge in [0.25, 0.3) is 5.91 Å².